The number of ether oxygens (including phenoxy) is 2. The molecule has 30 heavy (non-hydrogen) atoms. The summed E-state index contributed by atoms with van der Waals surface area (Å²) in [4.78, 5) is 11.3. The van der Waals surface area contributed by atoms with Crippen LogP contribution in [0.5, 0.6) is 0 Å². The van der Waals surface area contributed by atoms with Gasteiger partial charge >= 0.3 is 5.97 Å². The van der Waals surface area contributed by atoms with E-state index in [0.29, 0.717) is 12.2 Å². The minimum Gasteiger partial charge on any atom is -0.462 e. The predicted octanol–water partition coefficient (Wildman–Crippen LogP) is 8.41. The fraction of sp³-hybridized carbons (Fsp3) is 0.889. The molecule has 0 bridgehead atoms. The maximum Gasteiger partial charge on any atom is 0.333 e. The van der Waals surface area contributed by atoms with E-state index in [-0.39, 0.29) is 11.6 Å². The van der Waals surface area contributed by atoms with E-state index in [4.69, 9.17) is 9.47 Å². The van der Waals surface area contributed by atoms with Crippen LogP contribution in [0.3, 0.4) is 0 Å². The molecule has 0 aliphatic rings. The van der Waals surface area contributed by atoms with E-state index in [1.54, 1.807) is 6.92 Å². The molecule has 0 aromatic carbocycles. The number of unbranched alkanes of at least 4 members (excludes halogenated alkanes) is 11. The molecule has 3 nitrogen and oxygen atoms in total. The Labute approximate surface area is 188 Å². The van der Waals surface area contributed by atoms with Gasteiger partial charge in [-0.05, 0) is 46.0 Å². The molecule has 0 spiro atoms. The summed E-state index contributed by atoms with van der Waals surface area (Å²) in [6, 6.07) is 0. The molecule has 0 fully saturated rings. The van der Waals surface area contributed by atoms with Gasteiger partial charge in [-0.3, -0.25) is 0 Å². The molecule has 0 aliphatic carbocycles. The minimum absolute atomic E-state index is 0.00754. The van der Waals surface area contributed by atoms with Crippen LogP contribution < -0.4 is 0 Å². The van der Waals surface area contributed by atoms with Crippen molar-refractivity contribution in [2.45, 2.75) is 137 Å². The average Bonchev–Trinajstić information content (AvgIpc) is 2.67. The van der Waals surface area contributed by atoms with Crippen molar-refractivity contribution in [3.05, 3.63) is 12.2 Å². The number of rotatable bonds is 21. The van der Waals surface area contributed by atoms with Crippen LogP contribution in [0.4, 0.5) is 0 Å². The lowest BCUT2D eigenvalue weighted by Crippen LogP contribution is -2.24. The number of esters is 1. The maximum atomic E-state index is 11.3. The summed E-state index contributed by atoms with van der Waals surface area (Å²) >= 11 is 0. The summed E-state index contributed by atoms with van der Waals surface area (Å²) in [5.41, 5.74) is 0.487. The van der Waals surface area contributed by atoms with E-state index in [1.165, 1.54) is 77.0 Å². The van der Waals surface area contributed by atoms with Crippen LogP contribution in [0.2, 0.25) is 0 Å². The average molecular weight is 425 g/mol. The van der Waals surface area contributed by atoms with Gasteiger partial charge < -0.3 is 9.47 Å². The first-order chi connectivity index (χ1) is 14.2. The third-order valence-electron chi connectivity index (χ3n) is 5.67. The predicted molar refractivity (Wildman–Crippen MR) is 130 cm³/mol. The van der Waals surface area contributed by atoms with Crippen molar-refractivity contribution in [2.24, 2.45) is 5.92 Å². The number of carbonyl (C=O) groups is 1. The lowest BCUT2D eigenvalue weighted by atomic mass is 9.99. The standard InChI is InChI=1S/C27H52O3/c1-24(2)20-16-12-8-7-10-15-19-23-30-27(5,6)21-17-13-9-11-14-18-22-29-26(28)25(3)4/h24H,3,7-23H2,1-2,4-6H3. The molecule has 0 radical (unpaired) electrons. The van der Waals surface area contributed by atoms with Gasteiger partial charge in [0.25, 0.3) is 0 Å². The first kappa shape index (κ1) is 29.2. The van der Waals surface area contributed by atoms with Gasteiger partial charge in [0, 0.05) is 12.2 Å². The van der Waals surface area contributed by atoms with Crippen molar-refractivity contribution < 1.29 is 14.3 Å². The Balaban J connectivity index is 3.41. The highest BCUT2D eigenvalue weighted by Crippen LogP contribution is 2.20. The second kappa shape index (κ2) is 18.9. The molecule has 0 unspecified atom stereocenters. The van der Waals surface area contributed by atoms with Crippen molar-refractivity contribution in [3.63, 3.8) is 0 Å². The van der Waals surface area contributed by atoms with Gasteiger partial charge in [-0.25, -0.2) is 4.79 Å². The zero-order valence-electron chi connectivity index (χ0n) is 21.0. The van der Waals surface area contributed by atoms with Crippen LogP contribution in [0.1, 0.15) is 131 Å². The van der Waals surface area contributed by atoms with Gasteiger partial charge in [0.05, 0.1) is 12.2 Å². The van der Waals surface area contributed by atoms with E-state index < -0.39 is 0 Å². The van der Waals surface area contributed by atoms with Crippen LogP contribution in [0, 0.1) is 5.92 Å². The van der Waals surface area contributed by atoms with Gasteiger partial charge in [0.1, 0.15) is 0 Å². The number of carbonyl (C=O) groups excluding carboxylic acids is 1. The fourth-order valence-electron chi connectivity index (χ4n) is 3.61. The fourth-order valence-corrected chi connectivity index (χ4v) is 3.61. The molecule has 0 aromatic rings. The quantitative estimate of drug-likeness (QED) is 0.105. The zero-order chi connectivity index (χ0) is 22.7. The van der Waals surface area contributed by atoms with Crippen molar-refractivity contribution in [1.82, 2.24) is 0 Å². The van der Waals surface area contributed by atoms with Gasteiger partial charge in [-0.2, -0.15) is 0 Å². The molecule has 3 heteroatoms. The van der Waals surface area contributed by atoms with Crippen molar-refractivity contribution in [1.29, 1.82) is 0 Å². The normalized spacial score (nSPS) is 11.8. The van der Waals surface area contributed by atoms with Gasteiger partial charge in [0.2, 0.25) is 0 Å². The Morgan fingerprint density at radius 2 is 1.23 bits per heavy atom. The first-order valence-corrected chi connectivity index (χ1v) is 12.7. The molecule has 0 amide bonds. The third-order valence-corrected chi connectivity index (χ3v) is 5.67. The molecule has 0 aromatic heterocycles. The molecule has 0 atom stereocenters. The van der Waals surface area contributed by atoms with E-state index in [0.717, 1.165) is 31.8 Å². The first-order valence-electron chi connectivity index (χ1n) is 12.7. The van der Waals surface area contributed by atoms with Crippen LogP contribution in [0.25, 0.3) is 0 Å². The van der Waals surface area contributed by atoms with E-state index >= 15 is 0 Å². The smallest absolute Gasteiger partial charge is 0.333 e. The molecule has 0 heterocycles. The maximum absolute atomic E-state index is 11.3. The lowest BCUT2D eigenvalue weighted by Gasteiger charge is -2.25. The Morgan fingerprint density at radius 1 is 0.767 bits per heavy atom. The molecule has 0 saturated carbocycles. The van der Waals surface area contributed by atoms with Crippen LogP contribution in [-0.4, -0.2) is 24.8 Å². The highest BCUT2D eigenvalue weighted by molar-refractivity contribution is 5.86. The van der Waals surface area contributed by atoms with E-state index in [1.807, 2.05) is 0 Å². The van der Waals surface area contributed by atoms with E-state index in [9.17, 15) is 4.79 Å². The van der Waals surface area contributed by atoms with Crippen LogP contribution in [0.15, 0.2) is 12.2 Å². The molecular weight excluding hydrogens is 372 g/mol. The monoisotopic (exact) mass is 424 g/mol. The summed E-state index contributed by atoms with van der Waals surface area (Å²) in [5.74, 6) is 0.588. The molecular formula is C27H52O3. The summed E-state index contributed by atoms with van der Waals surface area (Å²) in [6.45, 7) is 15.8. The number of hydrogen-bond acceptors (Lipinski definition) is 3. The topological polar surface area (TPSA) is 35.5 Å². The summed E-state index contributed by atoms with van der Waals surface area (Å²) in [7, 11) is 0. The Morgan fingerprint density at radius 3 is 1.77 bits per heavy atom. The van der Waals surface area contributed by atoms with Gasteiger partial charge in [-0.15, -0.1) is 0 Å². The molecule has 0 saturated heterocycles. The SMILES string of the molecule is C=C(C)C(=O)OCCCCCCCCC(C)(C)OCCCCCCCCCC(C)C. The molecule has 0 aliphatic heterocycles. The second-order valence-electron chi connectivity index (χ2n) is 10.1. The van der Waals surface area contributed by atoms with Crippen LogP contribution in [-0.2, 0) is 14.3 Å². The molecule has 0 rings (SSSR count). The molecule has 0 N–H and O–H groups in total. The Kier molecular flexibility index (Phi) is 18.4. The highest BCUT2D eigenvalue weighted by Gasteiger charge is 2.17. The van der Waals surface area contributed by atoms with Crippen LogP contribution >= 0.6 is 0 Å². The number of hydrogen-bond donors (Lipinski definition) is 0. The lowest BCUT2D eigenvalue weighted by molar-refractivity contribution is -0.139. The molecule has 178 valence electrons. The van der Waals surface area contributed by atoms with Crippen molar-refractivity contribution in [2.75, 3.05) is 13.2 Å². The third kappa shape index (κ3) is 20.4. The van der Waals surface area contributed by atoms with Crippen molar-refractivity contribution >= 4 is 5.97 Å². The summed E-state index contributed by atoms with van der Waals surface area (Å²) in [6.07, 6.45) is 19.0. The zero-order valence-corrected chi connectivity index (χ0v) is 21.0. The largest absolute Gasteiger partial charge is 0.462 e. The second-order valence-corrected chi connectivity index (χ2v) is 10.1. The van der Waals surface area contributed by atoms with Gasteiger partial charge in [0.15, 0.2) is 0 Å². The minimum atomic E-state index is -0.269. The van der Waals surface area contributed by atoms with Crippen molar-refractivity contribution in [3.8, 4) is 0 Å². The highest BCUT2D eigenvalue weighted by atomic mass is 16.5. The Bertz CT molecular complexity index is 426. The Hall–Kier alpha value is -0.830. The summed E-state index contributed by atoms with van der Waals surface area (Å²) < 4.78 is 11.3. The summed E-state index contributed by atoms with van der Waals surface area (Å²) in [5, 5.41) is 0. The van der Waals surface area contributed by atoms with E-state index in [2.05, 4.69) is 34.3 Å². The van der Waals surface area contributed by atoms with Gasteiger partial charge in [-0.1, -0.05) is 97.5 Å².